The molecule has 0 bridgehead atoms. The van der Waals surface area contributed by atoms with Crippen molar-refractivity contribution in [1.29, 1.82) is 0 Å². The zero-order valence-electron chi connectivity index (χ0n) is 10.9. The summed E-state index contributed by atoms with van der Waals surface area (Å²) in [6.45, 7) is 0. The molecule has 1 aliphatic carbocycles. The van der Waals surface area contributed by atoms with E-state index in [9.17, 15) is 0 Å². The molecular formula is C14H22IN3. The average molecular weight is 359 g/mol. The van der Waals surface area contributed by atoms with Crippen LogP contribution in [0.4, 0.5) is 5.82 Å². The minimum absolute atomic E-state index is 0.591. The molecule has 1 heterocycles. The highest BCUT2D eigenvalue weighted by Crippen LogP contribution is 2.19. The molecule has 0 unspecified atom stereocenters. The molecule has 4 heteroatoms. The maximum atomic E-state index is 4.30. The zero-order valence-corrected chi connectivity index (χ0v) is 13.0. The van der Waals surface area contributed by atoms with Crippen LogP contribution in [0, 0.1) is 3.70 Å². The van der Waals surface area contributed by atoms with Crippen LogP contribution in [-0.2, 0) is 0 Å². The molecule has 0 radical (unpaired) electrons. The van der Waals surface area contributed by atoms with E-state index < -0.39 is 0 Å². The normalized spacial score (nSPS) is 19.4. The third-order valence-electron chi connectivity index (χ3n) is 3.59. The van der Waals surface area contributed by atoms with Crippen molar-refractivity contribution in [2.45, 2.75) is 63.8 Å². The van der Waals surface area contributed by atoms with E-state index in [-0.39, 0.29) is 0 Å². The van der Waals surface area contributed by atoms with E-state index in [2.05, 4.69) is 37.9 Å². The van der Waals surface area contributed by atoms with Gasteiger partial charge in [-0.1, -0.05) is 44.9 Å². The van der Waals surface area contributed by atoms with Crippen molar-refractivity contribution >= 4 is 28.4 Å². The standard InChI is InChI=1S/C14H22IN3/c15-13-10-14(17-11-16-13)18-12-8-6-4-2-1-3-5-7-9-12/h10-12H,1-9H2,(H,16,17,18). The molecule has 1 N–H and O–H groups in total. The molecule has 0 spiro atoms. The SMILES string of the molecule is Ic1cc(NC2CCCCCCCCC2)ncn1. The predicted octanol–water partition coefficient (Wildman–Crippen LogP) is 4.39. The number of hydrogen-bond donors (Lipinski definition) is 1. The van der Waals surface area contributed by atoms with Crippen LogP contribution in [0.2, 0.25) is 0 Å². The number of aromatic nitrogens is 2. The quantitative estimate of drug-likeness (QED) is 0.629. The Kier molecular flexibility index (Phi) is 6.17. The van der Waals surface area contributed by atoms with Crippen molar-refractivity contribution in [2.75, 3.05) is 5.32 Å². The van der Waals surface area contributed by atoms with Crippen LogP contribution in [0.5, 0.6) is 0 Å². The number of nitrogens with zero attached hydrogens (tertiary/aromatic N) is 2. The van der Waals surface area contributed by atoms with Crippen LogP contribution in [0.1, 0.15) is 57.8 Å². The van der Waals surface area contributed by atoms with Crippen molar-refractivity contribution in [2.24, 2.45) is 0 Å². The lowest BCUT2D eigenvalue weighted by molar-refractivity contribution is 0.476. The summed E-state index contributed by atoms with van der Waals surface area (Å²) in [5.41, 5.74) is 0. The smallest absolute Gasteiger partial charge is 0.130 e. The molecule has 0 aromatic carbocycles. The molecule has 0 aliphatic heterocycles. The van der Waals surface area contributed by atoms with Crippen LogP contribution in [0.25, 0.3) is 0 Å². The van der Waals surface area contributed by atoms with Crippen molar-refractivity contribution in [3.8, 4) is 0 Å². The van der Waals surface area contributed by atoms with Crippen molar-refractivity contribution < 1.29 is 0 Å². The summed E-state index contributed by atoms with van der Waals surface area (Å²) in [6.07, 6.45) is 13.9. The lowest BCUT2D eigenvalue weighted by atomic mass is 9.97. The lowest BCUT2D eigenvalue weighted by Gasteiger charge is -2.20. The second-order valence-electron chi connectivity index (χ2n) is 5.12. The zero-order chi connectivity index (χ0) is 12.6. The Labute approximate surface area is 123 Å². The van der Waals surface area contributed by atoms with Crippen molar-refractivity contribution in [1.82, 2.24) is 9.97 Å². The summed E-state index contributed by atoms with van der Waals surface area (Å²) in [5.74, 6) is 0.983. The Bertz CT molecular complexity index is 347. The Balaban J connectivity index is 1.88. The van der Waals surface area contributed by atoms with Crippen LogP contribution in [0.3, 0.4) is 0 Å². The monoisotopic (exact) mass is 359 g/mol. The van der Waals surface area contributed by atoms with Gasteiger partial charge in [0, 0.05) is 12.1 Å². The third kappa shape index (κ3) is 5.08. The summed E-state index contributed by atoms with van der Waals surface area (Å²) in [5, 5.41) is 3.58. The van der Waals surface area contributed by atoms with E-state index >= 15 is 0 Å². The minimum Gasteiger partial charge on any atom is -0.367 e. The van der Waals surface area contributed by atoms with Gasteiger partial charge in [-0.2, -0.15) is 0 Å². The fourth-order valence-electron chi connectivity index (χ4n) is 2.58. The first-order valence-corrected chi connectivity index (χ1v) is 8.16. The third-order valence-corrected chi connectivity index (χ3v) is 4.18. The summed E-state index contributed by atoms with van der Waals surface area (Å²) >= 11 is 2.23. The molecule has 18 heavy (non-hydrogen) atoms. The molecule has 0 amide bonds. The first-order chi connectivity index (χ1) is 8.84. The van der Waals surface area contributed by atoms with Gasteiger partial charge >= 0.3 is 0 Å². The summed E-state index contributed by atoms with van der Waals surface area (Å²) < 4.78 is 1.00. The molecule has 0 saturated heterocycles. The molecule has 1 saturated carbocycles. The highest BCUT2D eigenvalue weighted by atomic mass is 127. The van der Waals surface area contributed by atoms with E-state index in [0.717, 1.165) is 9.52 Å². The maximum Gasteiger partial charge on any atom is 0.130 e. The topological polar surface area (TPSA) is 37.8 Å². The van der Waals surface area contributed by atoms with E-state index in [0.29, 0.717) is 6.04 Å². The van der Waals surface area contributed by atoms with Gasteiger partial charge in [-0.05, 0) is 35.4 Å². The lowest BCUT2D eigenvalue weighted by Crippen LogP contribution is -2.20. The predicted molar refractivity (Wildman–Crippen MR) is 83.7 cm³/mol. The molecule has 0 atom stereocenters. The molecule has 1 fully saturated rings. The second kappa shape index (κ2) is 7.92. The first-order valence-electron chi connectivity index (χ1n) is 7.09. The maximum absolute atomic E-state index is 4.30. The molecule has 1 aromatic heterocycles. The number of rotatable bonds is 2. The van der Waals surface area contributed by atoms with Crippen molar-refractivity contribution in [3.05, 3.63) is 16.1 Å². The number of anilines is 1. The van der Waals surface area contributed by atoms with E-state index in [4.69, 9.17) is 0 Å². The molecule has 1 aromatic rings. The fraction of sp³-hybridized carbons (Fsp3) is 0.714. The molecule has 100 valence electrons. The minimum atomic E-state index is 0.591. The average Bonchev–Trinajstić information content (AvgIpc) is 2.37. The Morgan fingerprint density at radius 1 is 0.944 bits per heavy atom. The summed E-state index contributed by atoms with van der Waals surface area (Å²) in [7, 11) is 0. The molecule has 2 rings (SSSR count). The van der Waals surface area contributed by atoms with Gasteiger partial charge in [-0.3, -0.25) is 0 Å². The van der Waals surface area contributed by atoms with Crippen LogP contribution in [-0.4, -0.2) is 16.0 Å². The van der Waals surface area contributed by atoms with Gasteiger partial charge < -0.3 is 5.32 Å². The van der Waals surface area contributed by atoms with Gasteiger partial charge in [0.2, 0.25) is 0 Å². The highest BCUT2D eigenvalue weighted by molar-refractivity contribution is 14.1. The molecular weight excluding hydrogens is 337 g/mol. The Morgan fingerprint density at radius 3 is 2.17 bits per heavy atom. The van der Waals surface area contributed by atoms with E-state index in [1.165, 1.54) is 57.8 Å². The fourth-order valence-corrected chi connectivity index (χ4v) is 3.00. The van der Waals surface area contributed by atoms with Gasteiger partial charge in [-0.25, -0.2) is 9.97 Å². The Hall–Kier alpha value is -0.390. The van der Waals surface area contributed by atoms with Gasteiger partial charge in [0.25, 0.3) is 0 Å². The second-order valence-corrected chi connectivity index (χ2v) is 6.22. The van der Waals surface area contributed by atoms with Crippen molar-refractivity contribution in [3.63, 3.8) is 0 Å². The van der Waals surface area contributed by atoms with E-state index in [1.54, 1.807) is 6.33 Å². The number of halogens is 1. The summed E-state index contributed by atoms with van der Waals surface area (Å²) in [4.78, 5) is 8.43. The molecule has 1 aliphatic rings. The van der Waals surface area contributed by atoms with Gasteiger partial charge in [0.1, 0.15) is 15.8 Å². The largest absolute Gasteiger partial charge is 0.367 e. The van der Waals surface area contributed by atoms with Crippen LogP contribution < -0.4 is 5.32 Å². The number of nitrogens with one attached hydrogen (secondary N) is 1. The number of hydrogen-bond acceptors (Lipinski definition) is 3. The van der Waals surface area contributed by atoms with Crippen LogP contribution >= 0.6 is 22.6 Å². The van der Waals surface area contributed by atoms with Gasteiger partial charge in [0.15, 0.2) is 0 Å². The first kappa shape index (κ1) is 14.0. The highest BCUT2D eigenvalue weighted by Gasteiger charge is 2.10. The van der Waals surface area contributed by atoms with E-state index in [1.807, 2.05) is 6.07 Å². The molecule has 3 nitrogen and oxygen atoms in total. The Morgan fingerprint density at radius 2 is 1.56 bits per heavy atom. The van der Waals surface area contributed by atoms with Crippen LogP contribution in [0.15, 0.2) is 12.4 Å². The summed E-state index contributed by atoms with van der Waals surface area (Å²) in [6, 6.07) is 2.62. The van der Waals surface area contributed by atoms with Gasteiger partial charge in [-0.15, -0.1) is 0 Å². The van der Waals surface area contributed by atoms with Gasteiger partial charge in [0.05, 0.1) is 0 Å².